The van der Waals surface area contributed by atoms with Gasteiger partial charge in [0.15, 0.2) is 0 Å². The minimum absolute atomic E-state index is 0.128. The van der Waals surface area contributed by atoms with Crippen molar-refractivity contribution < 1.29 is 14.7 Å². The Balaban J connectivity index is 1.58. The number of nitrogens with zero attached hydrogens (tertiary/aromatic N) is 1. The lowest BCUT2D eigenvalue weighted by Gasteiger charge is -2.45. The van der Waals surface area contributed by atoms with Crippen LogP contribution in [-0.4, -0.2) is 16.9 Å². The smallest absolute Gasteiger partial charge is 0.238 e. The Morgan fingerprint density at radius 1 is 0.724 bits per heavy atom. The second kappa shape index (κ2) is 5.71. The fraction of sp³-hybridized carbons (Fsp3) is 0.167. The van der Waals surface area contributed by atoms with E-state index in [1.165, 1.54) is 18.2 Å². The van der Waals surface area contributed by atoms with Gasteiger partial charge in [-0.2, -0.15) is 0 Å². The van der Waals surface area contributed by atoms with Gasteiger partial charge in [0, 0.05) is 16.9 Å². The average molecular weight is 402 g/mol. The number of aromatic hydroxyl groups is 1. The van der Waals surface area contributed by atoms with E-state index in [0.717, 1.165) is 27.2 Å². The summed E-state index contributed by atoms with van der Waals surface area (Å²) in [6.45, 7) is 0. The standard InChI is InChI=1S/C24H16ClNO3/c25-12-9-10-18(27)17(11-12)26-23(28)21-19-13-5-1-2-6-14(13)20(22(21)24(26)29)16-8-4-3-7-15(16)19/h1-11,19-22,27H/t19?,20?,21-,22+. The molecular weight excluding hydrogens is 386 g/mol. The summed E-state index contributed by atoms with van der Waals surface area (Å²) < 4.78 is 0. The molecule has 1 saturated heterocycles. The third-order valence-electron chi connectivity index (χ3n) is 6.63. The fourth-order valence-corrected chi connectivity index (χ4v) is 5.76. The molecule has 2 atom stereocenters. The molecule has 0 radical (unpaired) electrons. The van der Waals surface area contributed by atoms with E-state index in [-0.39, 0.29) is 35.1 Å². The van der Waals surface area contributed by atoms with Gasteiger partial charge in [0.2, 0.25) is 11.8 Å². The second-order valence-electron chi connectivity index (χ2n) is 7.91. The zero-order valence-corrected chi connectivity index (χ0v) is 16.0. The van der Waals surface area contributed by atoms with Crippen LogP contribution in [0.25, 0.3) is 0 Å². The lowest BCUT2D eigenvalue weighted by atomic mass is 9.55. The van der Waals surface area contributed by atoms with Crippen LogP contribution in [0.15, 0.2) is 66.7 Å². The molecule has 142 valence electrons. The summed E-state index contributed by atoms with van der Waals surface area (Å²) in [6.07, 6.45) is 0. The van der Waals surface area contributed by atoms with Gasteiger partial charge in [-0.1, -0.05) is 60.1 Å². The maximum Gasteiger partial charge on any atom is 0.238 e. The van der Waals surface area contributed by atoms with E-state index >= 15 is 0 Å². The molecule has 29 heavy (non-hydrogen) atoms. The molecule has 5 heteroatoms. The predicted octanol–water partition coefficient (Wildman–Crippen LogP) is 4.44. The van der Waals surface area contributed by atoms with Crippen molar-refractivity contribution in [2.75, 3.05) is 4.90 Å². The van der Waals surface area contributed by atoms with Crippen LogP contribution in [0.4, 0.5) is 5.69 Å². The van der Waals surface area contributed by atoms with Crippen molar-refractivity contribution in [1.29, 1.82) is 0 Å². The van der Waals surface area contributed by atoms with Gasteiger partial charge in [0.1, 0.15) is 5.75 Å². The highest BCUT2D eigenvalue weighted by Crippen LogP contribution is 2.61. The maximum absolute atomic E-state index is 13.6. The molecular formula is C24H16ClNO3. The quantitative estimate of drug-likeness (QED) is 0.613. The number of anilines is 1. The van der Waals surface area contributed by atoms with Crippen LogP contribution in [0.1, 0.15) is 34.1 Å². The molecule has 0 spiro atoms. The molecule has 0 unspecified atom stereocenters. The van der Waals surface area contributed by atoms with Crippen molar-refractivity contribution in [3.05, 3.63) is 94.0 Å². The number of carbonyl (C=O) groups excluding carboxylic acids is 2. The number of halogens is 1. The van der Waals surface area contributed by atoms with Gasteiger partial charge in [-0.3, -0.25) is 9.59 Å². The first kappa shape index (κ1) is 16.8. The van der Waals surface area contributed by atoms with Gasteiger partial charge in [-0.15, -0.1) is 0 Å². The summed E-state index contributed by atoms with van der Waals surface area (Å²) in [5.41, 5.74) is 4.65. The van der Waals surface area contributed by atoms with Crippen molar-refractivity contribution in [3.8, 4) is 5.75 Å². The molecule has 4 nitrogen and oxygen atoms in total. The Labute approximate surface area is 172 Å². The number of hydrogen-bond donors (Lipinski definition) is 1. The van der Waals surface area contributed by atoms with Crippen LogP contribution in [0.2, 0.25) is 5.02 Å². The Kier molecular flexibility index (Phi) is 3.31. The molecule has 4 aliphatic rings. The molecule has 1 fully saturated rings. The van der Waals surface area contributed by atoms with E-state index in [1.54, 1.807) is 0 Å². The average Bonchev–Trinajstić information content (AvgIpc) is 3.01. The van der Waals surface area contributed by atoms with Crippen LogP contribution in [0.5, 0.6) is 5.75 Å². The van der Waals surface area contributed by atoms with Crippen molar-refractivity contribution >= 4 is 29.1 Å². The van der Waals surface area contributed by atoms with E-state index in [2.05, 4.69) is 24.3 Å². The first-order valence-electron chi connectivity index (χ1n) is 9.62. The normalized spacial score (nSPS) is 26.3. The van der Waals surface area contributed by atoms with Gasteiger partial charge >= 0.3 is 0 Å². The zero-order valence-electron chi connectivity index (χ0n) is 15.2. The summed E-state index contributed by atoms with van der Waals surface area (Å²) in [5.74, 6) is -1.95. The molecule has 3 aliphatic carbocycles. The third-order valence-corrected chi connectivity index (χ3v) is 6.86. The summed E-state index contributed by atoms with van der Waals surface area (Å²) in [5, 5.41) is 10.7. The molecule has 1 N–H and O–H groups in total. The van der Waals surface area contributed by atoms with Crippen LogP contribution in [0.3, 0.4) is 0 Å². The van der Waals surface area contributed by atoms with Crippen molar-refractivity contribution in [2.45, 2.75) is 11.8 Å². The molecule has 7 rings (SSSR count). The minimum Gasteiger partial charge on any atom is -0.506 e. The van der Waals surface area contributed by atoms with Crippen molar-refractivity contribution in [1.82, 2.24) is 0 Å². The molecule has 1 aliphatic heterocycles. The van der Waals surface area contributed by atoms with Gasteiger partial charge < -0.3 is 5.11 Å². The minimum atomic E-state index is -0.476. The lowest BCUT2D eigenvalue weighted by molar-refractivity contribution is -0.122. The number of carbonyl (C=O) groups is 2. The number of amides is 2. The largest absolute Gasteiger partial charge is 0.506 e. The highest BCUT2D eigenvalue weighted by atomic mass is 35.5. The molecule has 3 aromatic rings. The highest BCUT2D eigenvalue weighted by Gasteiger charge is 2.62. The molecule has 0 aromatic heterocycles. The van der Waals surface area contributed by atoms with Crippen molar-refractivity contribution in [2.24, 2.45) is 11.8 Å². The van der Waals surface area contributed by atoms with Crippen LogP contribution in [0, 0.1) is 11.8 Å². The van der Waals surface area contributed by atoms with E-state index in [0.29, 0.717) is 5.02 Å². The van der Waals surface area contributed by atoms with Crippen LogP contribution >= 0.6 is 11.6 Å². The summed E-state index contributed by atoms with van der Waals surface area (Å²) in [4.78, 5) is 28.3. The van der Waals surface area contributed by atoms with Gasteiger partial charge in [0.25, 0.3) is 0 Å². The highest BCUT2D eigenvalue weighted by molar-refractivity contribution is 6.31. The summed E-state index contributed by atoms with van der Waals surface area (Å²) in [6, 6.07) is 20.6. The first-order chi connectivity index (χ1) is 14.1. The summed E-state index contributed by atoms with van der Waals surface area (Å²) >= 11 is 6.10. The molecule has 2 bridgehead atoms. The molecule has 0 saturated carbocycles. The molecule has 1 heterocycles. The second-order valence-corrected chi connectivity index (χ2v) is 8.35. The molecule has 3 aromatic carbocycles. The zero-order chi connectivity index (χ0) is 19.9. The Hall–Kier alpha value is -3.11. The van der Waals surface area contributed by atoms with Crippen LogP contribution < -0.4 is 4.90 Å². The number of imide groups is 1. The fourth-order valence-electron chi connectivity index (χ4n) is 5.59. The third kappa shape index (κ3) is 2.04. The van der Waals surface area contributed by atoms with Crippen molar-refractivity contribution in [3.63, 3.8) is 0 Å². The van der Waals surface area contributed by atoms with Gasteiger partial charge in [-0.25, -0.2) is 4.90 Å². The van der Waals surface area contributed by atoms with E-state index in [1.807, 2.05) is 24.3 Å². The number of phenolic OH excluding ortho intramolecular Hbond substituents is 1. The first-order valence-corrected chi connectivity index (χ1v) is 9.99. The number of benzene rings is 3. The number of phenols is 1. The predicted molar refractivity (Wildman–Crippen MR) is 109 cm³/mol. The van der Waals surface area contributed by atoms with Gasteiger partial charge in [-0.05, 0) is 40.5 Å². The van der Waals surface area contributed by atoms with Crippen LogP contribution in [-0.2, 0) is 9.59 Å². The van der Waals surface area contributed by atoms with E-state index < -0.39 is 11.8 Å². The Bertz CT molecular complexity index is 1100. The lowest BCUT2D eigenvalue weighted by Crippen LogP contribution is -2.41. The van der Waals surface area contributed by atoms with E-state index in [4.69, 9.17) is 11.6 Å². The Morgan fingerprint density at radius 2 is 1.17 bits per heavy atom. The molecule has 2 amide bonds. The number of hydrogen-bond acceptors (Lipinski definition) is 3. The SMILES string of the molecule is O=C1[C@@H]2C3c4ccccc4C(c4ccccc43)[C@@H]2C(=O)N1c1cc(Cl)ccc1O. The maximum atomic E-state index is 13.6. The van der Waals surface area contributed by atoms with E-state index in [9.17, 15) is 14.7 Å². The number of rotatable bonds is 1. The topological polar surface area (TPSA) is 57.6 Å². The van der Waals surface area contributed by atoms with Gasteiger partial charge in [0.05, 0.1) is 17.5 Å². The monoisotopic (exact) mass is 401 g/mol. The Morgan fingerprint density at radius 3 is 1.62 bits per heavy atom. The summed E-state index contributed by atoms with van der Waals surface area (Å²) in [7, 11) is 0.